The highest BCUT2D eigenvalue weighted by Crippen LogP contribution is 2.22. The molecular weight excluding hydrogens is 252 g/mol. The van der Waals surface area contributed by atoms with Gasteiger partial charge in [0.25, 0.3) is 0 Å². The largest absolute Gasteiger partial charge is 0.0988 e. The van der Waals surface area contributed by atoms with Crippen LogP contribution in [0.1, 0.15) is 55.4 Å². The van der Waals surface area contributed by atoms with Crippen molar-refractivity contribution < 1.29 is 0 Å². The Labute approximate surface area is 134 Å². The van der Waals surface area contributed by atoms with Crippen LogP contribution in [0.5, 0.6) is 0 Å². The molecule has 0 heterocycles. The zero-order chi connectivity index (χ0) is 17.1. The predicted octanol–water partition coefficient (Wildman–Crippen LogP) is 7.44. The van der Waals surface area contributed by atoms with Crippen LogP contribution in [0.3, 0.4) is 0 Å². The van der Waals surface area contributed by atoms with Gasteiger partial charge in [0, 0.05) is 5.92 Å². The average molecular weight is 289 g/mol. The Morgan fingerprint density at radius 3 is 1.52 bits per heavy atom. The van der Waals surface area contributed by atoms with Crippen LogP contribution in [-0.2, 0) is 0 Å². The number of rotatable bonds is 6. The summed E-state index contributed by atoms with van der Waals surface area (Å²) < 4.78 is 0. The lowest BCUT2D eigenvalue weighted by molar-refractivity contribution is 0.848. The Morgan fingerprint density at radius 2 is 1.19 bits per heavy atom. The number of allylic oxidation sites excluding steroid dienone is 11. The third kappa shape index (κ3) is 13.2. The van der Waals surface area contributed by atoms with E-state index in [9.17, 15) is 0 Å². The van der Waals surface area contributed by atoms with E-state index in [0.717, 1.165) is 0 Å². The van der Waals surface area contributed by atoms with Crippen molar-refractivity contribution in [2.24, 2.45) is 5.92 Å². The van der Waals surface area contributed by atoms with Crippen LogP contribution < -0.4 is 0 Å². The topological polar surface area (TPSA) is 0 Å². The fraction of sp³-hybridized carbons (Fsp3) is 0.429. The molecule has 0 nitrogen and oxygen atoms in total. The third-order valence-corrected chi connectivity index (χ3v) is 2.56. The van der Waals surface area contributed by atoms with Crippen molar-refractivity contribution in [2.75, 3.05) is 0 Å². The highest BCUT2D eigenvalue weighted by Gasteiger charge is 2.07. The van der Waals surface area contributed by atoms with E-state index in [1.54, 1.807) is 0 Å². The molecule has 0 radical (unpaired) electrons. The highest BCUT2D eigenvalue weighted by atomic mass is 14.1. The van der Waals surface area contributed by atoms with Gasteiger partial charge in [-0.2, -0.15) is 0 Å². The van der Waals surface area contributed by atoms with Crippen LogP contribution in [0, 0.1) is 5.92 Å². The fourth-order valence-corrected chi connectivity index (χ4v) is 1.53. The maximum absolute atomic E-state index is 3.89. The Kier molecular flexibility index (Phi) is 24.2. The van der Waals surface area contributed by atoms with E-state index in [1.807, 2.05) is 66.7 Å². The molecule has 0 aliphatic carbocycles. The summed E-state index contributed by atoms with van der Waals surface area (Å²) in [5, 5.41) is 0. The molecule has 120 valence electrons. The summed E-state index contributed by atoms with van der Waals surface area (Å²) in [4.78, 5) is 0. The Balaban J connectivity index is -0.000000739. The molecule has 0 saturated carbocycles. The smallest absolute Gasteiger partial charge is 0.00606 e. The van der Waals surface area contributed by atoms with Crippen molar-refractivity contribution in [2.45, 2.75) is 55.4 Å². The van der Waals surface area contributed by atoms with Gasteiger partial charge in [-0.3, -0.25) is 0 Å². The predicted molar refractivity (Wildman–Crippen MR) is 103 cm³/mol. The van der Waals surface area contributed by atoms with Gasteiger partial charge >= 0.3 is 0 Å². The minimum Gasteiger partial charge on any atom is -0.0988 e. The van der Waals surface area contributed by atoms with Gasteiger partial charge in [-0.05, 0) is 31.9 Å². The van der Waals surface area contributed by atoms with Gasteiger partial charge in [-0.1, -0.05) is 95.9 Å². The normalized spacial score (nSPS) is 13.7. The Morgan fingerprint density at radius 1 is 0.762 bits per heavy atom. The lowest BCUT2D eigenvalue weighted by Crippen LogP contribution is -1.99. The summed E-state index contributed by atoms with van der Waals surface area (Å²) in [6.07, 6.45) is 18.6. The molecule has 0 aliphatic rings. The molecular formula is C21H36. The minimum atomic E-state index is 0.357. The molecule has 0 aromatic carbocycles. The van der Waals surface area contributed by atoms with Crippen molar-refractivity contribution in [1.29, 1.82) is 0 Å². The Hall–Kier alpha value is -1.56. The number of hydrogen-bond acceptors (Lipinski definition) is 0. The van der Waals surface area contributed by atoms with Crippen LogP contribution in [0.2, 0.25) is 0 Å². The molecule has 0 aromatic heterocycles. The standard InChI is InChI=1S/C17H24.2C2H6/c1-6-10-13-16(9-4)15(5)17(12-8-3)14-11-7-2;2*1-2/h6-15H,4H2,1-3,5H3;2*1-2H3/b10-6-,11-7-,12-8-,16-13+,17-14+;;. The first-order chi connectivity index (χ1) is 10.2. The van der Waals surface area contributed by atoms with E-state index in [1.165, 1.54) is 11.1 Å². The molecule has 0 N–H and O–H groups in total. The molecule has 1 atom stereocenters. The summed E-state index contributed by atoms with van der Waals surface area (Å²) in [6, 6.07) is 0. The SMILES string of the molecule is C=C/C(=C\C=C/C)C(C)C(/C=C\C)=C/C=C\C.CC.CC. The second kappa shape index (κ2) is 20.8. The second-order valence-electron chi connectivity index (χ2n) is 3.81. The maximum atomic E-state index is 3.89. The summed E-state index contributed by atoms with van der Waals surface area (Å²) >= 11 is 0. The molecule has 0 heteroatoms. The minimum absolute atomic E-state index is 0.357. The van der Waals surface area contributed by atoms with Gasteiger partial charge in [0.15, 0.2) is 0 Å². The van der Waals surface area contributed by atoms with Crippen LogP contribution in [0.15, 0.2) is 72.4 Å². The van der Waals surface area contributed by atoms with E-state index in [0.29, 0.717) is 5.92 Å². The van der Waals surface area contributed by atoms with E-state index in [-0.39, 0.29) is 0 Å². The summed E-state index contributed by atoms with van der Waals surface area (Å²) in [6.45, 7) is 20.2. The third-order valence-electron chi connectivity index (χ3n) is 2.56. The van der Waals surface area contributed by atoms with Crippen molar-refractivity contribution in [1.82, 2.24) is 0 Å². The van der Waals surface area contributed by atoms with Gasteiger partial charge in [0.05, 0.1) is 0 Å². The first kappa shape index (κ1) is 24.5. The molecule has 0 spiro atoms. The summed E-state index contributed by atoms with van der Waals surface area (Å²) in [7, 11) is 0. The average Bonchev–Trinajstić information content (AvgIpc) is 2.55. The van der Waals surface area contributed by atoms with E-state index in [2.05, 4.69) is 50.0 Å². The van der Waals surface area contributed by atoms with Gasteiger partial charge in [-0.25, -0.2) is 0 Å². The van der Waals surface area contributed by atoms with Gasteiger partial charge in [0.1, 0.15) is 0 Å². The monoisotopic (exact) mass is 288 g/mol. The zero-order valence-corrected chi connectivity index (χ0v) is 15.5. The lowest BCUT2D eigenvalue weighted by atomic mass is 9.91. The van der Waals surface area contributed by atoms with Crippen molar-refractivity contribution in [3.05, 3.63) is 72.4 Å². The van der Waals surface area contributed by atoms with Gasteiger partial charge < -0.3 is 0 Å². The molecule has 0 aliphatic heterocycles. The van der Waals surface area contributed by atoms with Gasteiger partial charge in [0.2, 0.25) is 0 Å². The molecule has 0 aromatic rings. The number of hydrogen-bond donors (Lipinski definition) is 0. The molecule has 0 fully saturated rings. The van der Waals surface area contributed by atoms with E-state index < -0.39 is 0 Å². The summed E-state index contributed by atoms with van der Waals surface area (Å²) in [5.41, 5.74) is 2.53. The van der Waals surface area contributed by atoms with Crippen LogP contribution in [0.25, 0.3) is 0 Å². The van der Waals surface area contributed by atoms with Crippen LogP contribution in [-0.4, -0.2) is 0 Å². The molecule has 0 amide bonds. The van der Waals surface area contributed by atoms with Crippen LogP contribution in [0.4, 0.5) is 0 Å². The van der Waals surface area contributed by atoms with Crippen molar-refractivity contribution >= 4 is 0 Å². The van der Waals surface area contributed by atoms with E-state index >= 15 is 0 Å². The maximum Gasteiger partial charge on any atom is 0.00606 e. The molecule has 0 rings (SSSR count). The van der Waals surface area contributed by atoms with Crippen molar-refractivity contribution in [3.8, 4) is 0 Å². The van der Waals surface area contributed by atoms with Crippen LogP contribution >= 0.6 is 0 Å². The molecule has 21 heavy (non-hydrogen) atoms. The zero-order valence-electron chi connectivity index (χ0n) is 15.5. The molecule has 0 bridgehead atoms. The van der Waals surface area contributed by atoms with Gasteiger partial charge in [-0.15, -0.1) is 0 Å². The second-order valence-corrected chi connectivity index (χ2v) is 3.81. The van der Waals surface area contributed by atoms with E-state index in [4.69, 9.17) is 0 Å². The fourth-order valence-electron chi connectivity index (χ4n) is 1.53. The first-order valence-corrected chi connectivity index (χ1v) is 8.12. The first-order valence-electron chi connectivity index (χ1n) is 8.12. The Bertz CT molecular complexity index is 359. The lowest BCUT2D eigenvalue weighted by Gasteiger charge is -2.13. The molecule has 0 saturated heterocycles. The molecule has 1 unspecified atom stereocenters. The summed E-state index contributed by atoms with van der Waals surface area (Å²) in [5.74, 6) is 0.357. The highest BCUT2D eigenvalue weighted by molar-refractivity contribution is 5.37. The van der Waals surface area contributed by atoms with Crippen molar-refractivity contribution in [3.63, 3.8) is 0 Å². The quantitative estimate of drug-likeness (QED) is 0.445.